The largest absolute Gasteiger partial charge is 0.472 e. The number of phosphoric acid groups is 2. The maximum absolute atomic E-state index is 13.0. The van der Waals surface area contributed by atoms with E-state index in [9.17, 15) is 43.2 Å². The SMILES string of the molecule is CCC(C)CCCCCCCCCCCCCCCCC(=O)OC[C@H](COP(=O)(O)OC[C@@H](O)COP(=O)(O)OC[C@@H](COC(=O)CCCCCCCCC(C)C)OC(=O)CCCCCCCCC(C)C)OC(=O)CCCCCCCCCCCC(C)C. The van der Waals surface area contributed by atoms with Gasteiger partial charge in [-0.25, -0.2) is 9.13 Å². The lowest BCUT2D eigenvalue weighted by atomic mass is 9.99. The van der Waals surface area contributed by atoms with Gasteiger partial charge < -0.3 is 33.8 Å². The molecule has 0 fully saturated rings. The summed E-state index contributed by atoms with van der Waals surface area (Å²) in [5, 5.41) is 10.6. The maximum atomic E-state index is 13.0. The van der Waals surface area contributed by atoms with Crippen molar-refractivity contribution in [3.05, 3.63) is 0 Å². The van der Waals surface area contributed by atoms with Crippen LogP contribution >= 0.6 is 15.6 Å². The van der Waals surface area contributed by atoms with Crippen LogP contribution < -0.4 is 0 Å². The predicted molar refractivity (Wildman–Crippen MR) is 354 cm³/mol. The highest BCUT2D eigenvalue weighted by atomic mass is 31.2. The Morgan fingerprint density at radius 3 is 0.807 bits per heavy atom. The van der Waals surface area contributed by atoms with Crippen molar-refractivity contribution in [2.24, 2.45) is 23.7 Å². The van der Waals surface area contributed by atoms with Crippen LogP contribution in [0.15, 0.2) is 0 Å². The molecule has 0 spiro atoms. The quantitative estimate of drug-likeness (QED) is 0.0222. The Balaban J connectivity index is 5.19. The van der Waals surface area contributed by atoms with E-state index < -0.39 is 97.5 Å². The van der Waals surface area contributed by atoms with Crippen molar-refractivity contribution in [3.63, 3.8) is 0 Å². The molecule has 88 heavy (non-hydrogen) atoms. The highest BCUT2D eigenvalue weighted by Crippen LogP contribution is 2.45. The van der Waals surface area contributed by atoms with Crippen molar-refractivity contribution in [1.82, 2.24) is 0 Å². The van der Waals surface area contributed by atoms with Gasteiger partial charge in [0.25, 0.3) is 0 Å². The number of carbonyl (C=O) groups excluding carboxylic acids is 4. The average molecular weight is 1300 g/mol. The van der Waals surface area contributed by atoms with Gasteiger partial charge in [-0.1, -0.05) is 287 Å². The second kappa shape index (κ2) is 58.8. The first-order chi connectivity index (χ1) is 42.1. The molecule has 0 saturated heterocycles. The Labute approximate surface area is 537 Å². The van der Waals surface area contributed by atoms with Crippen LogP contribution in [0.4, 0.5) is 0 Å². The Hall–Kier alpha value is -1.94. The maximum Gasteiger partial charge on any atom is 0.472 e. The molecule has 3 N–H and O–H groups in total. The Bertz CT molecular complexity index is 1750. The summed E-state index contributed by atoms with van der Waals surface area (Å²) in [4.78, 5) is 72.4. The second-order valence-corrected chi connectivity index (χ2v) is 29.5. The van der Waals surface area contributed by atoms with E-state index in [1.54, 1.807) is 0 Å². The lowest BCUT2D eigenvalue weighted by molar-refractivity contribution is -0.161. The minimum absolute atomic E-state index is 0.101. The van der Waals surface area contributed by atoms with E-state index in [0.29, 0.717) is 37.5 Å². The molecule has 0 heterocycles. The van der Waals surface area contributed by atoms with Crippen LogP contribution in [0.3, 0.4) is 0 Å². The molecular weight excluding hydrogens is 1160 g/mol. The molecule has 6 atom stereocenters. The highest BCUT2D eigenvalue weighted by molar-refractivity contribution is 7.47. The number of phosphoric ester groups is 2. The van der Waals surface area contributed by atoms with E-state index in [1.165, 1.54) is 135 Å². The Morgan fingerprint density at radius 2 is 0.545 bits per heavy atom. The molecule has 0 saturated carbocycles. The van der Waals surface area contributed by atoms with Crippen molar-refractivity contribution >= 4 is 39.5 Å². The van der Waals surface area contributed by atoms with Crippen LogP contribution in [0.5, 0.6) is 0 Å². The first-order valence-electron chi connectivity index (χ1n) is 35.7. The van der Waals surface area contributed by atoms with E-state index in [-0.39, 0.29) is 25.7 Å². The van der Waals surface area contributed by atoms with Crippen LogP contribution in [0.1, 0.15) is 338 Å². The minimum atomic E-state index is -4.95. The van der Waals surface area contributed by atoms with Gasteiger partial charge in [-0.05, 0) is 49.4 Å². The van der Waals surface area contributed by atoms with E-state index in [2.05, 4.69) is 55.4 Å². The molecule has 0 radical (unpaired) electrons. The minimum Gasteiger partial charge on any atom is -0.462 e. The molecule has 3 unspecified atom stereocenters. The number of ether oxygens (including phenoxy) is 4. The first kappa shape index (κ1) is 86.1. The molecule has 0 aromatic rings. The van der Waals surface area contributed by atoms with Crippen LogP contribution in [-0.2, 0) is 65.4 Å². The zero-order chi connectivity index (χ0) is 65.4. The molecule has 0 aromatic heterocycles. The molecule has 0 bridgehead atoms. The van der Waals surface area contributed by atoms with E-state index in [0.717, 1.165) is 108 Å². The van der Waals surface area contributed by atoms with Gasteiger partial charge in [0.15, 0.2) is 12.2 Å². The summed E-state index contributed by atoms with van der Waals surface area (Å²) in [6.07, 6.45) is 40.7. The van der Waals surface area contributed by atoms with Gasteiger partial charge in [-0.2, -0.15) is 0 Å². The predicted octanol–water partition coefficient (Wildman–Crippen LogP) is 19.3. The van der Waals surface area contributed by atoms with Crippen molar-refractivity contribution in [1.29, 1.82) is 0 Å². The normalized spacial score (nSPS) is 14.6. The fraction of sp³-hybridized carbons (Fsp3) is 0.942. The summed E-state index contributed by atoms with van der Waals surface area (Å²) in [7, 11) is -9.90. The van der Waals surface area contributed by atoms with E-state index in [1.807, 2.05) is 0 Å². The van der Waals surface area contributed by atoms with E-state index >= 15 is 0 Å². The summed E-state index contributed by atoms with van der Waals surface area (Å²) in [5.41, 5.74) is 0. The fourth-order valence-electron chi connectivity index (χ4n) is 10.3. The molecule has 0 rings (SSSR count). The zero-order valence-electron chi connectivity index (χ0n) is 57.3. The molecule has 0 amide bonds. The number of unbranched alkanes of at least 4 members (excludes halogenated alkanes) is 31. The third-order valence-corrected chi connectivity index (χ3v) is 18.1. The molecular formula is C69H134O17P2. The first-order valence-corrected chi connectivity index (χ1v) is 38.7. The number of rotatable bonds is 66. The highest BCUT2D eigenvalue weighted by Gasteiger charge is 2.30. The van der Waals surface area contributed by atoms with Crippen LogP contribution in [0.25, 0.3) is 0 Å². The Morgan fingerprint density at radius 1 is 0.318 bits per heavy atom. The number of aliphatic hydroxyl groups is 1. The summed E-state index contributed by atoms with van der Waals surface area (Å²) >= 11 is 0. The van der Waals surface area contributed by atoms with Crippen molar-refractivity contribution in [2.75, 3.05) is 39.6 Å². The average Bonchev–Trinajstić information content (AvgIpc) is 3.50. The molecule has 17 nitrogen and oxygen atoms in total. The molecule has 0 aliphatic heterocycles. The number of esters is 4. The number of hydrogen-bond donors (Lipinski definition) is 3. The van der Waals surface area contributed by atoms with Gasteiger partial charge in [0, 0.05) is 25.7 Å². The number of carbonyl (C=O) groups is 4. The number of hydrogen-bond acceptors (Lipinski definition) is 15. The van der Waals surface area contributed by atoms with Gasteiger partial charge in [0.2, 0.25) is 0 Å². The van der Waals surface area contributed by atoms with Gasteiger partial charge in [-0.15, -0.1) is 0 Å². The smallest absolute Gasteiger partial charge is 0.462 e. The summed E-state index contributed by atoms with van der Waals surface area (Å²) < 4.78 is 68.1. The zero-order valence-corrected chi connectivity index (χ0v) is 59.1. The van der Waals surface area contributed by atoms with Crippen molar-refractivity contribution in [3.8, 4) is 0 Å². The molecule has 19 heteroatoms. The molecule has 0 aliphatic carbocycles. The Kier molecular flexibility index (Phi) is 57.6. The van der Waals surface area contributed by atoms with E-state index in [4.69, 9.17) is 37.0 Å². The summed E-state index contributed by atoms with van der Waals surface area (Å²) in [6.45, 7) is 14.0. The summed E-state index contributed by atoms with van der Waals surface area (Å²) in [6, 6.07) is 0. The van der Waals surface area contributed by atoms with Gasteiger partial charge in [-0.3, -0.25) is 37.3 Å². The lowest BCUT2D eigenvalue weighted by Gasteiger charge is -2.21. The monoisotopic (exact) mass is 1300 g/mol. The topological polar surface area (TPSA) is 237 Å². The summed E-state index contributed by atoms with van der Waals surface area (Å²) in [5.74, 6) is 0.798. The third kappa shape index (κ3) is 61.6. The van der Waals surface area contributed by atoms with Gasteiger partial charge in [0.05, 0.1) is 26.4 Å². The van der Waals surface area contributed by atoms with Gasteiger partial charge in [0.1, 0.15) is 19.3 Å². The van der Waals surface area contributed by atoms with Crippen LogP contribution in [0, 0.1) is 23.7 Å². The van der Waals surface area contributed by atoms with Crippen LogP contribution in [0.2, 0.25) is 0 Å². The molecule has 522 valence electrons. The third-order valence-electron chi connectivity index (χ3n) is 16.2. The lowest BCUT2D eigenvalue weighted by Crippen LogP contribution is -2.30. The van der Waals surface area contributed by atoms with Crippen molar-refractivity contribution < 1.29 is 80.2 Å². The van der Waals surface area contributed by atoms with Gasteiger partial charge >= 0.3 is 39.5 Å². The van der Waals surface area contributed by atoms with Crippen LogP contribution in [-0.4, -0.2) is 96.7 Å². The molecule has 0 aromatic carbocycles. The fourth-order valence-corrected chi connectivity index (χ4v) is 11.9. The molecule has 0 aliphatic rings. The second-order valence-electron chi connectivity index (χ2n) is 26.6. The standard InChI is InChI=1S/C69H134O17P2/c1-9-62(8)48-40-32-22-18-14-12-10-11-13-15-19-23-33-41-49-66(71)79-55-64(85-68(73)51-43-35-24-20-16-17-21-29-37-45-59(2)3)57-83-87(75,76)81-53-63(70)54-82-88(77,78)84-58-65(86-69(74)52-44-36-28-26-31-39-47-61(6)7)56-80-67(72)50-42-34-27-25-30-38-46-60(4)5/h59-65,70H,9-58H2,1-8H3,(H,75,76)(H,77,78)/t62?,63-,64-,65-/m1/s1. The number of aliphatic hydroxyl groups excluding tert-OH is 1. The van der Waals surface area contributed by atoms with Crippen molar-refractivity contribution in [2.45, 2.75) is 356 Å².